The Morgan fingerprint density at radius 3 is 2.69 bits per heavy atom. The lowest BCUT2D eigenvalue weighted by Gasteiger charge is -2.24. The molecule has 1 aromatic rings. The quantitative estimate of drug-likeness (QED) is 0.798. The highest BCUT2D eigenvalue weighted by atomic mass is 127. The predicted octanol–water partition coefficient (Wildman–Crippen LogP) is 3.02. The Morgan fingerprint density at radius 2 is 2.19 bits per heavy atom. The van der Waals surface area contributed by atoms with Crippen molar-refractivity contribution in [1.82, 2.24) is 0 Å². The summed E-state index contributed by atoms with van der Waals surface area (Å²) in [5.41, 5.74) is 5.66. The minimum Gasteiger partial charge on any atom is -0.481 e. The van der Waals surface area contributed by atoms with Crippen LogP contribution in [0, 0.1) is 3.57 Å². The van der Waals surface area contributed by atoms with Crippen LogP contribution in [0.1, 0.15) is 18.9 Å². The third kappa shape index (κ3) is 3.76. The van der Waals surface area contributed by atoms with Crippen LogP contribution >= 0.6 is 46.6 Å². The molecule has 16 heavy (non-hydrogen) atoms. The van der Waals surface area contributed by atoms with E-state index in [4.69, 9.17) is 22.4 Å². The zero-order valence-corrected chi connectivity index (χ0v) is 12.3. The van der Waals surface area contributed by atoms with E-state index in [2.05, 4.69) is 22.6 Å². The minimum absolute atomic E-state index is 0. The number of nitrogens with two attached hydrogens (primary N) is 1. The Kier molecular flexibility index (Phi) is 6.03. The molecule has 3 N–H and O–H groups in total. The molecular formula is C10H12Cl2INO2. The average molecular weight is 376 g/mol. The third-order valence-electron chi connectivity index (χ3n) is 2.09. The topological polar surface area (TPSA) is 63.3 Å². The average Bonchev–Trinajstić information content (AvgIpc) is 2.07. The molecule has 0 spiro atoms. The summed E-state index contributed by atoms with van der Waals surface area (Å²) in [5, 5.41) is 9.28. The summed E-state index contributed by atoms with van der Waals surface area (Å²) in [6, 6.07) is 5.42. The maximum absolute atomic E-state index is 10.7. The molecule has 1 rings (SSSR count). The molecular weight excluding hydrogens is 364 g/mol. The van der Waals surface area contributed by atoms with Gasteiger partial charge in [0.1, 0.15) is 0 Å². The van der Waals surface area contributed by atoms with Gasteiger partial charge >= 0.3 is 5.97 Å². The number of hydrogen-bond acceptors (Lipinski definition) is 2. The Hall–Kier alpha value is -0.0400. The molecule has 90 valence electrons. The van der Waals surface area contributed by atoms with Crippen LogP contribution in [0.3, 0.4) is 0 Å². The number of rotatable bonds is 3. The molecule has 0 aliphatic carbocycles. The summed E-state index contributed by atoms with van der Waals surface area (Å²) in [6.07, 6.45) is -0.146. The van der Waals surface area contributed by atoms with E-state index < -0.39 is 11.5 Å². The van der Waals surface area contributed by atoms with Crippen molar-refractivity contribution >= 4 is 52.6 Å². The van der Waals surface area contributed by atoms with Crippen molar-refractivity contribution in [3.8, 4) is 0 Å². The van der Waals surface area contributed by atoms with Gasteiger partial charge in [-0.05, 0) is 41.1 Å². The Morgan fingerprint density at radius 1 is 1.62 bits per heavy atom. The molecule has 6 heteroatoms. The van der Waals surface area contributed by atoms with Crippen LogP contribution in [-0.4, -0.2) is 11.1 Å². The second kappa shape index (κ2) is 6.05. The zero-order valence-electron chi connectivity index (χ0n) is 8.54. The van der Waals surface area contributed by atoms with E-state index >= 15 is 0 Å². The molecule has 0 radical (unpaired) electrons. The molecule has 0 saturated carbocycles. The molecule has 0 fully saturated rings. The van der Waals surface area contributed by atoms with Crippen LogP contribution in [0.15, 0.2) is 18.2 Å². The minimum atomic E-state index is -0.940. The lowest BCUT2D eigenvalue weighted by Crippen LogP contribution is -2.36. The first-order valence-corrected chi connectivity index (χ1v) is 5.75. The summed E-state index contributed by atoms with van der Waals surface area (Å²) in [5.74, 6) is -0.935. The highest BCUT2D eigenvalue weighted by molar-refractivity contribution is 14.1. The lowest BCUT2D eigenvalue weighted by molar-refractivity contribution is -0.138. The van der Waals surface area contributed by atoms with E-state index in [1.807, 2.05) is 12.1 Å². The summed E-state index contributed by atoms with van der Waals surface area (Å²) in [6.45, 7) is 1.67. The Labute approximate surface area is 119 Å². The Bertz CT molecular complexity index is 396. The fourth-order valence-electron chi connectivity index (χ4n) is 1.35. The van der Waals surface area contributed by atoms with Gasteiger partial charge < -0.3 is 10.8 Å². The molecule has 0 amide bonds. The van der Waals surface area contributed by atoms with Crippen molar-refractivity contribution in [1.29, 1.82) is 0 Å². The number of hydrogen-bond donors (Lipinski definition) is 2. The van der Waals surface area contributed by atoms with Gasteiger partial charge in [0.05, 0.1) is 17.0 Å². The molecule has 3 nitrogen and oxygen atoms in total. The summed E-state index contributed by atoms with van der Waals surface area (Å²) >= 11 is 8.17. The fourth-order valence-corrected chi connectivity index (χ4v) is 2.19. The van der Waals surface area contributed by atoms with Crippen LogP contribution in [0.5, 0.6) is 0 Å². The van der Waals surface area contributed by atoms with Gasteiger partial charge in [-0.2, -0.15) is 0 Å². The van der Waals surface area contributed by atoms with Crippen molar-refractivity contribution in [2.24, 2.45) is 5.73 Å². The molecule has 0 saturated heterocycles. The molecule has 1 aromatic carbocycles. The monoisotopic (exact) mass is 375 g/mol. The van der Waals surface area contributed by atoms with Crippen LogP contribution in [0.25, 0.3) is 0 Å². The number of carbonyl (C=O) groups is 1. The highest BCUT2D eigenvalue weighted by Crippen LogP contribution is 2.31. The molecule has 0 aromatic heterocycles. The molecule has 0 heterocycles. The first-order chi connectivity index (χ1) is 6.84. The third-order valence-corrected chi connectivity index (χ3v) is 3.71. The van der Waals surface area contributed by atoms with Crippen molar-refractivity contribution < 1.29 is 9.90 Å². The number of aliphatic carboxylic acids is 1. The predicted molar refractivity (Wildman–Crippen MR) is 75.2 cm³/mol. The van der Waals surface area contributed by atoms with Gasteiger partial charge in [0, 0.05) is 3.57 Å². The summed E-state index contributed by atoms with van der Waals surface area (Å²) < 4.78 is 0.869. The van der Waals surface area contributed by atoms with Crippen LogP contribution < -0.4 is 5.73 Å². The van der Waals surface area contributed by atoms with E-state index in [0.29, 0.717) is 10.6 Å². The first-order valence-electron chi connectivity index (χ1n) is 4.30. The van der Waals surface area contributed by atoms with E-state index in [1.165, 1.54) is 0 Å². The van der Waals surface area contributed by atoms with E-state index in [9.17, 15) is 4.79 Å². The van der Waals surface area contributed by atoms with E-state index in [1.54, 1.807) is 13.0 Å². The fraction of sp³-hybridized carbons (Fsp3) is 0.300. The number of benzene rings is 1. The van der Waals surface area contributed by atoms with Gasteiger partial charge in [-0.3, -0.25) is 4.79 Å². The van der Waals surface area contributed by atoms with Gasteiger partial charge in [-0.15, -0.1) is 12.4 Å². The number of halogens is 3. The second-order valence-corrected chi connectivity index (χ2v) is 5.13. The van der Waals surface area contributed by atoms with Crippen LogP contribution in [0.4, 0.5) is 0 Å². The number of carboxylic acid groups (broad SMARTS) is 1. The molecule has 0 aliphatic heterocycles. The summed E-state index contributed by atoms with van der Waals surface area (Å²) in [4.78, 5) is 10.7. The van der Waals surface area contributed by atoms with Gasteiger partial charge in [-0.1, -0.05) is 23.7 Å². The van der Waals surface area contributed by atoms with Crippen molar-refractivity contribution in [3.63, 3.8) is 0 Å². The van der Waals surface area contributed by atoms with E-state index in [-0.39, 0.29) is 18.8 Å². The second-order valence-electron chi connectivity index (χ2n) is 3.59. The molecule has 0 aliphatic rings. The molecule has 1 unspecified atom stereocenters. The van der Waals surface area contributed by atoms with Gasteiger partial charge in [0.15, 0.2) is 0 Å². The SMILES string of the molecule is CC(N)(CC(=O)O)c1cccc(I)c1Cl.Cl. The largest absolute Gasteiger partial charge is 0.481 e. The van der Waals surface area contributed by atoms with Crippen LogP contribution in [-0.2, 0) is 10.3 Å². The van der Waals surface area contributed by atoms with Crippen molar-refractivity contribution in [2.75, 3.05) is 0 Å². The smallest absolute Gasteiger partial charge is 0.305 e. The van der Waals surface area contributed by atoms with Crippen LogP contribution in [0.2, 0.25) is 5.02 Å². The lowest BCUT2D eigenvalue weighted by atomic mass is 9.90. The van der Waals surface area contributed by atoms with Crippen molar-refractivity contribution in [3.05, 3.63) is 32.4 Å². The maximum Gasteiger partial charge on any atom is 0.305 e. The van der Waals surface area contributed by atoms with E-state index in [0.717, 1.165) is 3.57 Å². The highest BCUT2D eigenvalue weighted by Gasteiger charge is 2.27. The number of carboxylic acids is 1. The Balaban J connectivity index is 0.00000225. The van der Waals surface area contributed by atoms with Gasteiger partial charge in [0.2, 0.25) is 0 Å². The first kappa shape index (κ1) is 16.0. The summed E-state index contributed by atoms with van der Waals surface area (Å²) in [7, 11) is 0. The maximum atomic E-state index is 10.7. The molecule has 1 atom stereocenters. The zero-order chi connectivity index (χ0) is 11.6. The van der Waals surface area contributed by atoms with Gasteiger partial charge in [0.25, 0.3) is 0 Å². The standard InChI is InChI=1S/C10H11ClINO2.ClH/c1-10(13,5-8(14)15)6-3-2-4-7(12)9(6)11;/h2-4H,5,13H2,1H3,(H,14,15);1H. The molecule has 0 bridgehead atoms. The van der Waals surface area contributed by atoms with Crippen molar-refractivity contribution in [2.45, 2.75) is 18.9 Å². The van der Waals surface area contributed by atoms with Gasteiger partial charge in [-0.25, -0.2) is 0 Å². The normalized spacial score (nSPS) is 13.8.